The molecule has 0 atom stereocenters. The molecule has 0 aliphatic heterocycles. The van der Waals surface area contributed by atoms with Crippen molar-refractivity contribution in [1.82, 2.24) is 4.98 Å². The number of nitrogens with zero attached hydrogens (tertiary/aromatic N) is 1. The van der Waals surface area contributed by atoms with Gasteiger partial charge in [0.1, 0.15) is 11.6 Å². The third kappa shape index (κ3) is 2.82. The molecule has 3 aromatic rings. The lowest BCUT2D eigenvalue weighted by Gasteiger charge is -2.10. The quantitative estimate of drug-likeness (QED) is 0.801. The Balaban J connectivity index is 2.14. The van der Waals surface area contributed by atoms with E-state index in [9.17, 15) is 4.79 Å². The number of H-pyrrole nitrogens is 1. The summed E-state index contributed by atoms with van der Waals surface area (Å²) in [6.07, 6.45) is 0.663. The van der Waals surface area contributed by atoms with Crippen LogP contribution in [0, 0.1) is 11.3 Å². The molecular weight excluding hydrogens is 272 g/mol. The van der Waals surface area contributed by atoms with Gasteiger partial charge in [0.25, 0.3) is 5.56 Å². The molecule has 0 aliphatic rings. The standard InChI is InChI=1S/C19H14N2O/c20-13-17-12-16(11-14-7-3-1-4-8-14)18(21-19(17)22)15-9-5-2-6-10-15/h1-10,12H,11H2,(H,21,22). The normalized spacial score (nSPS) is 10.1. The first-order chi connectivity index (χ1) is 10.8. The molecular formula is C19H14N2O. The first-order valence-electron chi connectivity index (χ1n) is 7.03. The number of aromatic nitrogens is 1. The molecule has 2 aromatic carbocycles. The lowest BCUT2D eigenvalue weighted by molar-refractivity contribution is 1.11. The van der Waals surface area contributed by atoms with Crippen molar-refractivity contribution in [1.29, 1.82) is 5.26 Å². The summed E-state index contributed by atoms with van der Waals surface area (Å²) in [4.78, 5) is 14.8. The van der Waals surface area contributed by atoms with Crippen molar-refractivity contribution in [3.63, 3.8) is 0 Å². The van der Waals surface area contributed by atoms with E-state index in [0.717, 1.165) is 22.4 Å². The van der Waals surface area contributed by atoms with E-state index < -0.39 is 0 Å². The summed E-state index contributed by atoms with van der Waals surface area (Å²) in [5, 5.41) is 9.10. The molecule has 0 saturated heterocycles. The number of hydrogen-bond donors (Lipinski definition) is 1. The van der Waals surface area contributed by atoms with Crippen LogP contribution in [-0.4, -0.2) is 4.98 Å². The number of pyridine rings is 1. The molecule has 0 fully saturated rings. The highest BCUT2D eigenvalue weighted by atomic mass is 16.1. The summed E-state index contributed by atoms with van der Waals surface area (Å²) in [5.41, 5.74) is 3.58. The van der Waals surface area contributed by atoms with Crippen LogP contribution < -0.4 is 5.56 Å². The van der Waals surface area contributed by atoms with Gasteiger partial charge in [-0.15, -0.1) is 0 Å². The second-order valence-corrected chi connectivity index (χ2v) is 5.05. The summed E-state index contributed by atoms with van der Waals surface area (Å²) in [6.45, 7) is 0. The van der Waals surface area contributed by atoms with E-state index in [1.807, 2.05) is 66.7 Å². The predicted octanol–water partition coefficient (Wildman–Crippen LogP) is 3.50. The van der Waals surface area contributed by atoms with Crippen molar-refractivity contribution < 1.29 is 0 Å². The number of benzene rings is 2. The topological polar surface area (TPSA) is 56.6 Å². The van der Waals surface area contributed by atoms with Crippen molar-refractivity contribution in [2.75, 3.05) is 0 Å². The van der Waals surface area contributed by atoms with Gasteiger partial charge in [-0.25, -0.2) is 0 Å². The molecule has 1 N–H and O–H groups in total. The molecule has 0 spiro atoms. The average molecular weight is 286 g/mol. The molecule has 3 nitrogen and oxygen atoms in total. The monoisotopic (exact) mass is 286 g/mol. The molecule has 0 amide bonds. The Morgan fingerprint density at radius 1 is 0.955 bits per heavy atom. The molecule has 3 heteroatoms. The number of aromatic amines is 1. The van der Waals surface area contributed by atoms with Crippen LogP contribution in [0.5, 0.6) is 0 Å². The zero-order valence-electron chi connectivity index (χ0n) is 11.9. The Morgan fingerprint density at radius 2 is 1.59 bits per heavy atom. The van der Waals surface area contributed by atoms with Gasteiger partial charge >= 0.3 is 0 Å². The molecule has 22 heavy (non-hydrogen) atoms. The molecule has 3 rings (SSSR count). The van der Waals surface area contributed by atoms with Crippen LogP contribution in [-0.2, 0) is 6.42 Å². The van der Waals surface area contributed by atoms with E-state index in [4.69, 9.17) is 5.26 Å². The van der Waals surface area contributed by atoms with E-state index in [1.54, 1.807) is 6.07 Å². The highest BCUT2D eigenvalue weighted by Gasteiger charge is 2.10. The molecule has 0 saturated carbocycles. The molecule has 0 unspecified atom stereocenters. The Kier molecular flexibility index (Phi) is 3.84. The number of nitrogens with one attached hydrogen (secondary N) is 1. The summed E-state index contributed by atoms with van der Waals surface area (Å²) < 4.78 is 0. The van der Waals surface area contributed by atoms with Gasteiger partial charge in [-0.3, -0.25) is 4.79 Å². The Hall–Kier alpha value is -3.12. The highest BCUT2D eigenvalue weighted by Crippen LogP contribution is 2.23. The van der Waals surface area contributed by atoms with E-state index in [2.05, 4.69) is 4.98 Å². The molecule has 1 heterocycles. The summed E-state index contributed by atoms with van der Waals surface area (Å²) in [5.74, 6) is 0. The van der Waals surface area contributed by atoms with Gasteiger partial charge in [-0.05, 0) is 29.2 Å². The molecule has 1 aromatic heterocycles. The third-order valence-electron chi connectivity index (χ3n) is 3.54. The van der Waals surface area contributed by atoms with Crippen molar-refractivity contribution in [2.45, 2.75) is 6.42 Å². The smallest absolute Gasteiger partial charge is 0.266 e. The van der Waals surface area contributed by atoms with Crippen LogP contribution in [0.15, 0.2) is 71.5 Å². The summed E-state index contributed by atoms with van der Waals surface area (Å²) in [7, 11) is 0. The van der Waals surface area contributed by atoms with Crippen LogP contribution >= 0.6 is 0 Å². The molecule has 106 valence electrons. The van der Waals surface area contributed by atoms with E-state index in [0.29, 0.717) is 6.42 Å². The minimum Gasteiger partial charge on any atom is -0.321 e. The van der Waals surface area contributed by atoms with E-state index >= 15 is 0 Å². The van der Waals surface area contributed by atoms with Gasteiger partial charge < -0.3 is 4.98 Å². The van der Waals surface area contributed by atoms with Gasteiger partial charge in [0, 0.05) is 0 Å². The van der Waals surface area contributed by atoms with E-state index in [1.165, 1.54) is 0 Å². The molecule has 0 radical (unpaired) electrons. The fraction of sp³-hybridized carbons (Fsp3) is 0.0526. The first-order valence-corrected chi connectivity index (χ1v) is 7.03. The lowest BCUT2D eigenvalue weighted by Crippen LogP contribution is -2.13. The fourth-order valence-electron chi connectivity index (χ4n) is 2.47. The number of nitriles is 1. The Labute approximate surface area is 128 Å². The number of hydrogen-bond acceptors (Lipinski definition) is 2. The van der Waals surface area contributed by atoms with Crippen LogP contribution in [0.4, 0.5) is 0 Å². The maximum absolute atomic E-state index is 12.0. The largest absolute Gasteiger partial charge is 0.321 e. The fourth-order valence-corrected chi connectivity index (χ4v) is 2.47. The summed E-state index contributed by atoms with van der Waals surface area (Å²) >= 11 is 0. The second-order valence-electron chi connectivity index (χ2n) is 5.05. The second kappa shape index (κ2) is 6.11. The maximum atomic E-state index is 12.0. The summed E-state index contributed by atoms with van der Waals surface area (Å²) in [6, 6.07) is 23.3. The Bertz CT molecular complexity index is 875. The maximum Gasteiger partial charge on any atom is 0.266 e. The van der Waals surface area contributed by atoms with Gasteiger partial charge in [-0.2, -0.15) is 5.26 Å². The van der Waals surface area contributed by atoms with Gasteiger partial charge in [0.15, 0.2) is 0 Å². The van der Waals surface area contributed by atoms with Crippen molar-refractivity contribution in [2.24, 2.45) is 0 Å². The SMILES string of the molecule is N#Cc1cc(Cc2ccccc2)c(-c2ccccc2)[nH]c1=O. The molecule has 0 aliphatic carbocycles. The van der Waals surface area contributed by atoms with Gasteiger partial charge in [0.05, 0.1) is 5.69 Å². The number of rotatable bonds is 3. The minimum atomic E-state index is -0.349. The molecule has 0 bridgehead atoms. The van der Waals surface area contributed by atoms with Crippen molar-refractivity contribution in [3.05, 3.63) is 93.8 Å². The Morgan fingerprint density at radius 3 is 2.23 bits per heavy atom. The van der Waals surface area contributed by atoms with Crippen LogP contribution in [0.2, 0.25) is 0 Å². The zero-order valence-corrected chi connectivity index (χ0v) is 11.9. The minimum absolute atomic E-state index is 0.144. The van der Waals surface area contributed by atoms with Gasteiger partial charge in [0.2, 0.25) is 0 Å². The zero-order chi connectivity index (χ0) is 15.4. The third-order valence-corrected chi connectivity index (χ3v) is 3.54. The van der Waals surface area contributed by atoms with Crippen LogP contribution in [0.25, 0.3) is 11.3 Å². The highest BCUT2D eigenvalue weighted by molar-refractivity contribution is 5.64. The van der Waals surface area contributed by atoms with Crippen LogP contribution in [0.3, 0.4) is 0 Å². The van der Waals surface area contributed by atoms with Crippen LogP contribution in [0.1, 0.15) is 16.7 Å². The first kappa shape index (κ1) is 13.8. The van der Waals surface area contributed by atoms with E-state index in [-0.39, 0.29) is 11.1 Å². The lowest BCUT2D eigenvalue weighted by atomic mass is 9.98. The van der Waals surface area contributed by atoms with Gasteiger partial charge in [-0.1, -0.05) is 60.7 Å². The average Bonchev–Trinajstić information content (AvgIpc) is 2.58. The van der Waals surface area contributed by atoms with Crippen molar-refractivity contribution in [3.8, 4) is 17.3 Å². The predicted molar refractivity (Wildman–Crippen MR) is 86.5 cm³/mol. The van der Waals surface area contributed by atoms with Crippen molar-refractivity contribution >= 4 is 0 Å².